The van der Waals surface area contributed by atoms with Crippen molar-refractivity contribution in [3.05, 3.63) is 113 Å². The molecule has 3 aromatic rings. The summed E-state index contributed by atoms with van der Waals surface area (Å²) >= 11 is 0. The van der Waals surface area contributed by atoms with Crippen LogP contribution in [0.2, 0.25) is 0 Å². The predicted molar refractivity (Wildman–Crippen MR) is 111 cm³/mol. The number of hydrogen-bond donors (Lipinski definition) is 2. The van der Waals surface area contributed by atoms with Crippen LogP contribution in [-0.2, 0) is 4.79 Å². The molecule has 0 unspecified atom stereocenters. The summed E-state index contributed by atoms with van der Waals surface area (Å²) in [5.74, 6) is -0.884. The minimum atomic E-state index is -0.514. The van der Waals surface area contributed by atoms with Gasteiger partial charge in [-0.25, -0.2) is 5.43 Å². The molecule has 0 heterocycles. The zero-order chi connectivity index (χ0) is 19.6. The molecule has 0 aromatic heterocycles. The number of nitrogens with one attached hydrogen (secondary N) is 2. The van der Waals surface area contributed by atoms with E-state index in [-0.39, 0.29) is 11.6 Å². The second-order valence-electron chi connectivity index (χ2n) is 5.90. The molecule has 0 atom stereocenters. The van der Waals surface area contributed by atoms with Gasteiger partial charge in [-0.3, -0.25) is 9.59 Å². The Hall–Kier alpha value is -3.99. The maximum atomic E-state index is 12.6. The normalized spacial score (nSPS) is 11.2. The molecule has 0 spiro atoms. The van der Waals surface area contributed by atoms with Crippen molar-refractivity contribution in [2.24, 2.45) is 5.10 Å². The highest BCUT2D eigenvalue weighted by Gasteiger charge is 2.14. The van der Waals surface area contributed by atoms with Gasteiger partial charge < -0.3 is 5.32 Å². The fourth-order valence-electron chi connectivity index (χ4n) is 2.42. The minimum absolute atomic E-state index is 0.102. The van der Waals surface area contributed by atoms with Crippen LogP contribution in [0.5, 0.6) is 0 Å². The van der Waals surface area contributed by atoms with E-state index in [9.17, 15) is 9.59 Å². The highest BCUT2D eigenvalue weighted by atomic mass is 16.2. The van der Waals surface area contributed by atoms with Crippen LogP contribution >= 0.6 is 0 Å². The lowest BCUT2D eigenvalue weighted by atomic mass is 10.1. The van der Waals surface area contributed by atoms with E-state index >= 15 is 0 Å². The molecule has 0 aliphatic heterocycles. The molecule has 5 nitrogen and oxygen atoms in total. The molecule has 0 radical (unpaired) electrons. The van der Waals surface area contributed by atoms with Crippen molar-refractivity contribution in [3.8, 4) is 0 Å². The van der Waals surface area contributed by atoms with Crippen molar-refractivity contribution < 1.29 is 9.59 Å². The molecule has 2 amide bonds. The molecule has 28 heavy (non-hydrogen) atoms. The first-order valence-electron chi connectivity index (χ1n) is 8.74. The van der Waals surface area contributed by atoms with E-state index in [1.165, 1.54) is 6.21 Å². The van der Waals surface area contributed by atoms with Gasteiger partial charge in [0.15, 0.2) is 0 Å². The third-order valence-electron chi connectivity index (χ3n) is 3.82. The Balaban J connectivity index is 1.77. The third kappa shape index (κ3) is 5.51. The lowest BCUT2D eigenvalue weighted by Crippen LogP contribution is -2.32. The molecule has 3 aromatic carbocycles. The SMILES string of the molecule is O=C(N/N=C/c1ccccc1)/C(=C\c1ccccc1)NC(=O)c1ccccc1. The second kappa shape index (κ2) is 9.64. The molecule has 3 rings (SSSR count). The van der Waals surface area contributed by atoms with Gasteiger partial charge in [0, 0.05) is 5.56 Å². The van der Waals surface area contributed by atoms with Crippen LogP contribution in [0.1, 0.15) is 21.5 Å². The Kier molecular flexibility index (Phi) is 6.47. The van der Waals surface area contributed by atoms with Gasteiger partial charge in [0.2, 0.25) is 0 Å². The number of hydrazone groups is 1. The van der Waals surface area contributed by atoms with Crippen molar-refractivity contribution >= 4 is 24.1 Å². The topological polar surface area (TPSA) is 70.6 Å². The molecular formula is C23H19N3O2. The van der Waals surface area contributed by atoms with E-state index in [2.05, 4.69) is 15.8 Å². The summed E-state index contributed by atoms with van der Waals surface area (Å²) in [5.41, 5.74) is 4.65. The van der Waals surface area contributed by atoms with E-state index in [1.54, 1.807) is 30.3 Å². The monoisotopic (exact) mass is 369 g/mol. The van der Waals surface area contributed by atoms with Crippen LogP contribution in [0, 0.1) is 0 Å². The molecule has 0 bridgehead atoms. The maximum Gasteiger partial charge on any atom is 0.287 e. The predicted octanol–water partition coefficient (Wildman–Crippen LogP) is 3.61. The van der Waals surface area contributed by atoms with Crippen molar-refractivity contribution in [2.75, 3.05) is 0 Å². The maximum absolute atomic E-state index is 12.6. The Morgan fingerprint density at radius 1 is 0.714 bits per heavy atom. The number of carbonyl (C=O) groups is 2. The lowest BCUT2D eigenvalue weighted by Gasteiger charge is -2.09. The lowest BCUT2D eigenvalue weighted by molar-refractivity contribution is -0.117. The molecule has 2 N–H and O–H groups in total. The van der Waals surface area contributed by atoms with Crippen molar-refractivity contribution in [3.63, 3.8) is 0 Å². The molecule has 138 valence electrons. The Bertz CT molecular complexity index is 982. The van der Waals surface area contributed by atoms with E-state index in [0.717, 1.165) is 11.1 Å². The Morgan fingerprint density at radius 2 is 1.25 bits per heavy atom. The first-order valence-corrected chi connectivity index (χ1v) is 8.74. The summed E-state index contributed by atoms with van der Waals surface area (Å²) < 4.78 is 0. The van der Waals surface area contributed by atoms with Crippen molar-refractivity contribution in [1.82, 2.24) is 10.7 Å². The molecule has 0 fully saturated rings. The van der Waals surface area contributed by atoms with Gasteiger partial charge in [0.05, 0.1) is 6.21 Å². The summed E-state index contributed by atoms with van der Waals surface area (Å²) in [4.78, 5) is 25.1. The average Bonchev–Trinajstić information content (AvgIpc) is 2.75. The molecular weight excluding hydrogens is 350 g/mol. The smallest absolute Gasteiger partial charge is 0.287 e. The van der Waals surface area contributed by atoms with Crippen molar-refractivity contribution in [2.45, 2.75) is 0 Å². The fourth-order valence-corrected chi connectivity index (χ4v) is 2.42. The number of amides is 2. The van der Waals surface area contributed by atoms with Gasteiger partial charge in [-0.2, -0.15) is 5.10 Å². The first-order chi connectivity index (χ1) is 13.7. The van der Waals surface area contributed by atoms with Gasteiger partial charge in [-0.15, -0.1) is 0 Å². The zero-order valence-corrected chi connectivity index (χ0v) is 15.1. The Labute approximate surface area is 163 Å². The molecule has 0 aliphatic carbocycles. The molecule has 0 aliphatic rings. The van der Waals surface area contributed by atoms with Crippen LogP contribution in [0.15, 0.2) is 102 Å². The van der Waals surface area contributed by atoms with Gasteiger partial charge in [-0.1, -0.05) is 78.9 Å². The van der Waals surface area contributed by atoms with Crippen LogP contribution in [0.25, 0.3) is 6.08 Å². The number of rotatable bonds is 6. The van der Waals surface area contributed by atoms with Gasteiger partial charge in [0.1, 0.15) is 5.70 Å². The fraction of sp³-hybridized carbons (Fsp3) is 0. The number of hydrogen-bond acceptors (Lipinski definition) is 3. The van der Waals surface area contributed by atoms with E-state index < -0.39 is 5.91 Å². The van der Waals surface area contributed by atoms with E-state index in [1.807, 2.05) is 66.7 Å². The summed E-state index contributed by atoms with van der Waals surface area (Å²) in [6, 6.07) is 27.4. The zero-order valence-electron chi connectivity index (χ0n) is 15.1. The van der Waals surface area contributed by atoms with Crippen LogP contribution in [0.4, 0.5) is 0 Å². The average molecular weight is 369 g/mol. The molecule has 0 saturated heterocycles. The minimum Gasteiger partial charge on any atom is -0.317 e. The van der Waals surface area contributed by atoms with E-state index in [0.29, 0.717) is 5.56 Å². The van der Waals surface area contributed by atoms with Crippen LogP contribution in [-0.4, -0.2) is 18.0 Å². The summed E-state index contributed by atoms with van der Waals surface area (Å²) in [6.07, 6.45) is 3.14. The summed E-state index contributed by atoms with van der Waals surface area (Å²) in [5, 5.41) is 6.63. The second-order valence-corrected chi connectivity index (χ2v) is 5.90. The van der Waals surface area contributed by atoms with Gasteiger partial charge >= 0.3 is 0 Å². The number of benzene rings is 3. The molecule has 5 heteroatoms. The number of carbonyl (C=O) groups excluding carboxylic acids is 2. The highest BCUT2D eigenvalue weighted by molar-refractivity contribution is 6.05. The van der Waals surface area contributed by atoms with Crippen molar-refractivity contribution in [1.29, 1.82) is 0 Å². The Morgan fingerprint density at radius 3 is 1.86 bits per heavy atom. The van der Waals surface area contributed by atoms with Crippen LogP contribution in [0.3, 0.4) is 0 Å². The first kappa shape index (κ1) is 18.8. The van der Waals surface area contributed by atoms with Gasteiger partial charge in [-0.05, 0) is 29.3 Å². The largest absolute Gasteiger partial charge is 0.317 e. The third-order valence-corrected chi connectivity index (χ3v) is 3.82. The van der Waals surface area contributed by atoms with E-state index in [4.69, 9.17) is 0 Å². The summed E-state index contributed by atoms with van der Waals surface area (Å²) in [7, 11) is 0. The quantitative estimate of drug-likeness (QED) is 0.396. The highest BCUT2D eigenvalue weighted by Crippen LogP contribution is 2.07. The standard InChI is InChI=1S/C23H19N3O2/c27-22(20-14-8-3-9-15-20)25-21(16-18-10-4-1-5-11-18)23(28)26-24-17-19-12-6-2-7-13-19/h1-17H,(H,25,27)(H,26,28)/b21-16+,24-17+. The molecule has 0 saturated carbocycles. The number of nitrogens with zero attached hydrogens (tertiary/aromatic N) is 1. The van der Waals surface area contributed by atoms with Gasteiger partial charge in [0.25, 0.3) is 11.8 Å². The van der Waals surface area contributed by atoms with Crippen LogP contribution < -0.4 is 10.7 Å². The summed E-state index contributed by atoms with van der Waals surface area (Å²) in [6.45, 7) is 0.